The van der Waals surface area contributed by atoms with E-state index in [1.54, 1.807) is 13.8 Å². The molecule has 0 aromatic heterocycles. The minimum absolute atomic E-state index is 0.0718. The Balaban J connectivity index is 2.42. The Morgan fingerprint density at radius 3 is 1.56 bits per heavy atom. The maximum absolute atomic E-state index is 10.6. The van der Waals surface area contributed by atoms with Gasteiger partial charge in [0.05, 0.1) is 0 Å². The Kier molecular flexibility index (Phi) is 1.39. The monoisotopic (exact) mass is 126 g/mol. The zero-order chi connectivity index (χ0) is 7.02. The fourth-order valence-electron chi connectivity index (χ4n) is 1.09. The number of ketones is 2. The second-order valence-electron chi connectivity index (χ2n) is 2.67. The minimum Gasteiger partial charge on any atom is -0.300 e. The fourth-order valence-corrected chi connectivity index (χ4v) is 1.09. The summed E-state index contributed by atoms with van der Waals surface area (Å²) in [4.78, 5) is 21.1. The van der Waals surface area contributed by atoms with Gasteiger partial charge in [0.25, 0.3) is 0 Å². The van der Waals surface area contributed by atoms with Crippen LogP contribution in [-0.4, -0.2) is 11.6 Å². The van der Waals surface area contributed by atoms with E-state index >= 15 is 0 Å². The molecule has 0 aromatic rings. The third-order valence-corrected chi connectivity index (χ3v) is 1.83. The lowest BCUT2D eigenvalue weighted by molar-refractivity contribution is -0.122. The summed E-state index contributed by atoms with van der Waals surface area (Å²) < 4.78 is 0. The molecule has 0 saturated heterocycles. The maximum Gasteiger partial charge on any atom is 0.133 e. The molecule has 2 nitrogen and oxygen atoms in total. The maximum atomic E-state index is 10.6. The van der Waals surface area contributed by atoms with Crippen LogP contribution in [0.25, 0.3) is 0 Å². The molecule has 0 amide bonds. The van der Waals surface area contributed by atoms with Crippen molar-refractivity contribution in [1.29, 1.82) is 0 Å². The van der Waals surface area contributed by atoms with Crippen LogP contribution in [0.5, 0.6) is 0 Å². The van der Waals surface area contributed by atoms with Crippen molar-refractivity contribution in [1.82, 2.24) is 0 Å². The van der Waals surface area contributed by atoms with E-state index in [1.807, 2.05) is 0 Å². The minimum atomic E-state index is 0.0718. The standard InChI is InChI=1S/C7H10O2/c1-4(8)6-3-7(6)5(2)9/h6-7H,3H2,1-2H3/t6-,7+. The summed E-state index contributed by atoms with van der Waals surface area (Å²) in [5.74, 6) is 0.468. The average Bonchev–Trinajstić information content (AvgIpc) is 2.39. The Labute approximate surface area is 54.2 Å². The molecule has 0 aliphatic heterocycles. The molecule has 0 unspecified atom stereocenters. The van der Waals surface area contributed by atoms with Crippen LogP contribution in [0.2, 0.25) is 0 Å². The van der Waals surface area contributed by atoms with E-state index in [0.717, 1.165) is 6.42 Å². The number of Topliss-reactive ketones (excluding diaryl/α,β-unsaturated/α-hetero) is 2. The number of hydrogen-bond donors (Lipinski definition) is 0. The summed E-state index contributed by atoms with van der Waals surface area (Å²) in [6, 6.07) is 0. The van der Waals surface area contributed by atoms with Gasteiger partial charge in [-0.3, -0.25) is 9.59 Å². The van der Waals surface area contributed by atoms with E-state index in [9.17, 15) is 9.59 Å². The van der Waals surface area contributed by atoms with Gasteiger partial charge in [0.2, 0.25) is 0 Å². The molecule has 0 bridgehead atoms. The van der Waals surface area contributed by atoms with Crippen LogP contribution >= 0.6 is 0 Å². The average molecular weight is 126 g/mol. The summed E-state index contributed by atoms with van der Waals surface area (Å²) in [5.41, 5.74) is 0. The van der Waals surface area contributed by atoms with Crippen molar-refractivity contribution < 1.29 is 9.59 Å². The quantitative estimate of drug-likeness (QED) is 0.548. The van der Waals surface area contributed by atoms with Crippen molar-refractivity contribution in [3.05, 3.63) is 0 Å². The van der Waals surface area contributed by atoms with Crippen molar-refractivity contribution in [3.63, 3.8) is 0 Å². The van der Waals surface area contributed by atoms with Gasteiger partial charge in [-0.25, -0.2) is 0 Å². The Hall–Kier alpha value is -0.660. The van der Waals surface area contributed by atoms with Crippen LogP contribution in [0, 0.1) is 11.8 Å². The van der Waals surface area contributed by atoms with Gasteiger partial charge >= 0.3 is 0 Å². The summed E-state index contributed by atoms with van der Waals surface area (Å²) in [6.07, 6.45) is 0.796. The molecule has 0 N–H and O–H groups in total. The highest BCUT2D eigenvalue weighted by Gasteiger charge is 2.43. The van der Waals surface area contributed by atoms with Crippen LogP contribution in [-0.2, 0) is 9.59 Å². The lowest BCUT2D eigenvalue weighted by atomic mass is 10.2. The highest BCUT2D eigenvalue weighted by molar-refractivity contribution is 5.92. The highest BCUT2D eigenvalue weighted by Crippen LogP contribution is 2.39. The highest BCUT2D eigenvalue weighted by atomic mass is 16.1. The number of carbonyl (C=O) groups excluding carboxylic acids is 2. The molecule has 1 aliphatic carbocycles. The van der Waals surface area contributed by atoms with E-state index in [-0.39, 0.29) is 23.4 Å². The SMILES string of the molecule is CC(=O)[C@H]1C[C@H]1C(C)=O. The molecule has 0 aromatic carbocycles. The predicted octanol–water partition coefficient (Wildman–Crippen LogP) is 0.800. The molecule has 2 heteroatoms. The second kappa shape index (κ2) is 1.94. The van der Waals surface area contributed by atoms with Crippen LogP contribution in [0.3, 0.4) is 0 Å². The second-order valence-corrected chi connectivity index (χ2v) is 2.67. The van der Waals surface area contributed by atoms with Crippen LogP contribution in [0.4, 0.5) is 0 Å². The lowest BCUT2D eigenvalue weighted by Gasteiger charge is -1.86. The van der Waals surface area contributed by atoms with Crippen molar-refractivity contribution >= 4 is 11.6 Å². The first kappa shape index (κ1) is 6.46. The predicted molar refractivity (Wildman–Crippen MR) is 33.0 cm³/mol. The van der Waals surface area contributed by atoms with Crippen LogP contribution in [0.15, 0.2) is 0 Å². The first-order chi connectivity index (χ1) is 4.13. The van der Waals surface area contributed by atoms with Gasteiger partial charge in [0.15, 0.2) is 0 Å². The molecule has 1 saturated carbocycles. The lowest BCUT2D eigenvalue weighted by Crippen LogP contribution is -2.01. The molecular formula is C7H10O2. The third-order valence-electron chi connectivity index (χ3n) is 1.83. The van der Waals surface area contributed by atoms with Crippen LogP contribution in [0.1, 0.15) is 20.3 Å². The normalized spacial score (nSPS) is 31.8. The van der Waals surface area contributed by atoms with Crippen molar-refractivity contribution in [2.75, 3.05) is 0 Å². The topological polar surface area (TPSA) is 34.1 Å². The zero-order valence-corrected chi connectivity index (χ0v) is 5.68. The van der Waals surface area contributed by atoms with E-state index in [0.29, 0.717) is 0 Å². The summed E-state index contributed by atoms with van der Waals surface area (Å²) >= 11 is 0. The summed E-state index contributed by atoms with van der Waals surface area (Å²) in [5, 5.41) is 0. The van der Waals surface area contributed by atoms with E-state index in [4.69, 9.17) is 0 Å². The molecular weight excluding hydrogens is 116 g/mol. The molecule has 50 valence electrons. The van der Waals surface area contributed by atoms with Gasteiger partial charge in [-0.2, -0.15) is 0 Å². The zero-order valence-electron chi connectivity index (χ0n) is 5.68. The largest absolute Gasteiger partial charge is 0.300 e. The van der Waals surface area contributed by atoms with Crippen molar-refractivity contribution in [3.8, 4) is 0 Å². The molecule has 1 aliphatic rings. The third kappa shape index (κ3) is 1.18. The molecule has 0 spiro atoms. The first-order valence-electron chi connectivity index (χ1n) is 3.14. The van der Waals surface area contributed by atoms with Crippen molar-refractivity contribution in [2.24, 2.45) is 11.8 Å². The Morgan fingerprint density at radius 2 is 1.44 bits per heavy atom. The summed E-state index contributed by atoms with van der Waals surface area (Å²) in [7, 11) is 0. The van der Waals surface area contributed by atoms with E-state index < -0.39 is 0 Å². The van der Waals surface area contributed by atoms with E-state index in [1.165, 1.54) is 0 Å². The van der Waals surface area contributed by atoms with Crippen molar-refractivity contribution in [2.45, 2.75) is 20.3 Å². The molecule has 1 fully saturated rings. The van der Waals surface area contributed by atoms with Gasteiger partial charge in [-0.15, -0.1) is 0 Å². The molecule has 0 heterocycles. The molecule has 0 radical (unpaired) electrons. The number of rotatable bonds is 2. The smallest absolute Gasteiger partial charge is 0.133 e. The molecule has 1 rings (SSSR count). The van der Waals surface area contributed by atoms with Gasteiger partial charge in [0.1, 0.15) is 11.6 Å². The van der Waals surface area contributed by atoms with E-state index in [2.05, 4.69) is 0 Å². The van der Waals surface area contributed by atoms with Gasteiger partial charge < -0.3 is 0 Å². The molecule has 2 atom stereocenters. The Morgan fingerprint density at radius 1 is 1.11 bits per heavy atom. The van der Waals surface area contributed by atoms with Gasteiger partial charge in [-0.1, -0.05) is 0 Å². The van der Waals surface area contributed by atoms with Crippen LogP contribution < -0.4 is 0 Å². The first-order valence-corrected chi connectivity index (χ1v) is 3.14. The van der Waals surface area contributed by atoms with Gasteiger partial charge in [0, 0.05) is 11.8 Å². The number of hydrogen-bond acceptors (Lipinski definition) is 2. The summed E-state index contributed by atoms with van der Waals surface area (Å²) in [6.45, 7) is 3.10. The Bertz CT molecular complexity index is 142. The molecule has 9 heavy (non-hydrogen) atoms. The fraction of sp³-hybridized carbons (Fsp3) is 0.714. The number of carbonyl (C=O) groups is 2. The van der Waals surface area contributed by atoms with Gasteiger partial charge in [-0.05, 0) is 20.3 Å².